The first-order valence-corrected chi connectivity index (χ1v) is 10.5. The lowest BCUT2D eigenvalue weighted by Gasteiger charge is -2.19. The number of ether oxygens (including phenoxy) is 1. The van der Waals surface area contributed by atoms with E-state index in [0.717, 1.165) is 55.3 Å². The van der Waals surface area contributed by atoms with Crippen LogP contribution in [0.3, 0.4) is 0 Å². The monoisotopic (exact) mass is 386 g/mol. The van der Waals surface area contributed by atoms with Gasteiger partial charge in [0.2, 0.25) is 0 Å². The van der Waals surface area contributed by atoms with Crippen LogP contribution in [0.5, 0.6) is 5.75 Å². The molecule has 1 aliphatic heterocycles. The molecule has 0 atom stereocenters. The third kappa shape index (κ3) is 4.01. The highest BCUT2D eigenvalue weighted by molar-refractivity contribution is 5.65. The van der Waals surface area contributed by atoms with Crippen LogP contribution < -0.4 is 4.74 Å². The lowest BCUT2D eigenvalue weighted by molar-refractivity contribution is 0.278. The number of pyridine rings is 1. The largest absolute Gasteiger partial charge is 0.497 e. The molecule has 29 heavy (non-hydrogen) atoms. The van der Waals surface area contributed by atoms with Crippen molar-refractivity contribution in [2.75, 3.05) is 20.2 Å². The maximum atomic E-state index is 5.34. The summed E-state index contributed by atoms with van der Waals surface area (Å²) >= 11 is 0. The summed E-state index contributed by atoms with van der Waals surface area (Å²) < 4.78 is 5.34. The summed E-state index contributed by atoms with van der Waals surface area (Å²) in [5.41, 5.74) is 6.09. The van der Waals surface area contributed by atoms with Crippen LogP contribution in [0.1, 0.15) is 41.4 Å². The number of rotatable bonds is 5. The minimum atomic E-state index is 0.548. The lowest BCUT2D eigenvalue weighted by Crippen LogP contribution is -2.26. The molecule has 0 radical (unpaired) electrons. The van der Waals surface area contributed by atoms with Gasteiger partial charge in [0.05, 0.1) is 12.8 Å². The van der Waals surface area contributed by atoms with Crippen molar-refractivity contribution in [2.45, 2.75) is 38.1 Å². The van der Waals surface area contributed by atoms with Gasteiger partial charge in [-0.25, -0.2) is 9.97 Å². The minimum Gasteiger partial charge on any atom is -0.497 e. The number of methoxy groups -OCH3 is 1. The number of aromatic nitrogens is 3. The van der Waals surface area contributed by atoms with Crippen molar-refractivity contribution in [3.05, 3.63) is 71.4 Å². The molecule has 1 saturated carbocycles. The SMILES string of the molecule is COc1ccc(-c2nc(C3CC3)nc3c2CCN(Cc2cccnc2)CC3)cc1. The summed E-state index contributed by atoms with van der Waals surface area (Å²) in [7, 11) is 1.70. The van der Waals surface area contributed by atoms with E-state index in [4.69, 9.17) is 14.7 Å². The number of nitrogens with zero attached hydrogens (tertiary/aromatic N) is 4. The van der Waals surface area contributed by atoms with Crippen LogP contribution in [0.2, 0.25) is 0 Å². The zero-order valence-corrected chi connectivity index (χ0v) is 16.8. The fraction of sp³-hybridized carbons (Fsp3) is 0.375. The second kappa shape index (κ2) is 7.91. The third-order valence-electron chi connectivity index (χ3n) is 5.89. The Labute approximate surface area is 171 Å². The summed E-state index contributed by atoms with van der Waals surface area (Å²) in [6.07, 6.45) is 8.18. The Hall–Kier alpha value is -2.79. The first-order valence-electron chi connectivity index (χ1n) is 10.5. The quantitative estimate of drug-likeness (QED) is 0.663. The standard InChI is InChI=1S/C24H26N4O/c1-29-20-8-6-18(7-9-20)23-21-10-13-28(16-17-3-2-12-25-15-17)14-11-22(21)26-24(27-23)19-4-5-19/h2-3,6-9,12,15,19H,4-5,10-11,13-14,16H2,1H3. The summed E-state index contributed by atoms with van der Waals surface area (Å²) in [5, 5.41) is 0. The maximum absolute atomic E-state index is 5.34. The van der Waals surface area contributed by atoms with Crippen molar-refractivity contribution >= 4 is 0 Å². The van der Waals surface area contributed by atoms with E-state index in [1.807, 2.05) is 30.6 Å². The lowest BCUT2D eigenvalue weighted by atomic mass is 10.0. The normalized spacial score (nSPS) is 16.9. The molecule has 5 rings (SSSR count). The fourth-order valence-electron chi connectivity index (χ4n) is 4.08. The van der Waals surface area contributed by atoms with Gasteiger partial charge >= 0.3 is 0 Å². The summed E-state index contributed by atoms with van der Waals surface area (Å²) in [6.45, 7) is 2.96. The van der Waals surface area contributed by atoms with E-state index in [9.17, 15) is 0 Å². The van der Waals surface area contributed by atoms with Crippen LogP contribution in [0.4, 0.5) is 0 Å². The molecular formula is C24H26N4O. The Morgan fingerprint density at radius 3 is 2.59 bits per heavy atom. The van der Waals surface area contributed by atoms with Gasteiger partial charge in [0.25, 0.3) is 0 Å². The molecule has 5 nitrogen and oxygen atoms in total. The molecule has 2 aliphatic rings. The smallest absolute Gasteiger partial charge is 0.132 e. The number of fused-ring (bicyclic) bond motifs is 1. The predicted octanol–water partition coefficient (Wildman–Crippen LogP) is 4.03. The van der Waals surface area contributed by atoms with Crippen LogP contribution in [0, 0.1) is 0 Å². The molecular weight excluding hydrogens is 360 g/mol. The molecule has 1 fully saturated rings. The Balaban J connectivity index is 1.46. The highest BCUT2D eigenvalue weighted by Crippen LogP contribution is 2.40. The second-order valence-corrected chi connectivity index (χ2v) is 8.00. The van der Waals surface area contributed by atoms with E-state index in [-0.39, 0.29) is 0 Å². The van der Waals surface area contributed by atoms with E-state index in [0.29, 0.717) is 5.92 Å². The highest BCUT2D eigenvalue weighted by atomic mass is 16.5. The van der Waals surface area contributed by atoms with Crippen molar-refractivity contribution in [1.82, 2.24) is 19.9 Å². The molecule has 0 bridgehead atoms. The van der Waals surface area contributed by atoms with E-state index < -0.39 is 0 Å². The van der Waals surface area contributed by atoms with Crippen LogP contribution >= 0.6 is 0 Å². The Kier molecular flexibility index (Phi) is 4.98. The summed E-state index contributed by atoms with van der Waals surface area (Å²) in [4.78, 5) is 16.8. The zero-order valence-electron chi connectivity index (χ0n) is 16.8. The van der Waals surface area contributed by atoms with Crippen LogP contribution in [-0.2, 0) is 19.4 Å². The molecule has 1 aliphatic carbocycles. The first kappa shape index (κ1) is 18.3. The second-order valence-electron chi connectivity index (χ2n) is 8.00. The molecule has 0 unspecified atom stereocenters. The Bertz CT molecular complexity index is 984. The Morgan fingerprint density at radius 2 is 1.86 bits per heavy atom. The zero-order chi connectivity index (χ0) is 19.6. The molecule has 2 aromatic heterocycles. The van der Waals surface area contributed by atoms with Crippen molar-refractivity contribution in [3.8, 4) is 17.0 Å². The van der Waals surface area contributed by atoms with Gasteiger partial charge in [0.1, 0.15) is 11.6 Å². The molecule has 1 aromatic carbocycles. The van der Waals surface area contributed by atoms with Gasteiger partial charge in [-0.1, -0.05) is 6.07 Å². The average molecular weight is 386 g/mol. The van der Waals surface area contributed by atoms with E-state index in [1.165, 1.54) is 29.7 Å². The van der Waals surface area contributed by atoms with Crippen molar-refractivity contribution in [2.24, 2.45) is 0 Å². The van der Waals surface area contributed by atoms with Crippen LogP contribution in [-0.4, -0.2) is 40.1 Å². The predicted molar refractivity (Wildman–Crippen MR) is 113 cm³/mol. The van der Waals surface area contributed by atoms with Gasteiger partial charge in [-0.05, 0) is 55.2 Å². The average Bonchev–Trinajstić information content (AvgIpc) is 3.62. The summed E-state index contributed by atoms with van der Waals surface area (Å²) in [5.74, 6) is 2.46. The minimum absolute atomic E-state index is 0.548. The molecule has 0 saturated heterocycles. The highest BCUT2D eigenvalue weighted by Gasteiger charge is 2.29. The number of benzene rings is 1. The van der Waals surface area contributed by atoms with Gasteiger partial charge in [0, 0.05) is 61.2 Å². The number of hydrogen-bond acceptors (Lipinski definition) is 5. The van der Waals surface area contributed by atoms with Gasteiger partial charge in [-0.3, -0.25) is 9.88 Å². The topological polar surface area (TPSA) is 51.1 Å². The van der Waals surface area contributed by atoms with Crippen molar-refractivity contribution < 1.29 is 4.74 Å². The van der Waals surface area contributed by atoms with Crippen molar-refractivity contribution in [3.63, 3.8) is 0 Å². The molecule has 0 N–H and O–H groups in total. The Morgan fingerprint density at radius 1 is 1.03 bits per heavy atom. The molecule has 0 amide bonds. The first-order chi connectivity index (χ1) is 14.3. The van der Waals surface area contributed by atoms with E-state index in [2.05, 4.69) is 28.1 Å². The summed E-state index contributed by atoms with van der Waals surface area (Å²) in [6, 6.07) is 12.4. The van der Waals surface area contributed by atoms with Crippen LogP contribution in [0.15, 0.2) is 48.8 Å². The molecule has 0 spiro atoms. The molecule has 5 heteroatoms. The number of hydrogen-bond donors (Lipinski definition) is 0. The van der Waals surface area contributed by atoms with Gasteiger partial charge in [-0.15, -0.1) is 0 Å². The van der Waals surface area contributed by atoms with E-state index in [1.54, 1.807) is 7.11 Å². The van der Waals surface area contributed by atoms with Crippen molar-refractivity contribution in [1.29, 1.82) is 0 Å². The van der Waals surface area contributed by atoms with Gasteiger partial charge < -0.3 is 4.74 Å². The van der Waals surface area contributed by atoms with E-state index >= 15 is 0 Å². The third-order valence-corrected chi connectivity index (χ3v) is 5.89. The van der Waals surface area contributed by atoms with Gasteiger partial charge in [0.15, 0.2) is 0 Å². The van der Waals surface area contributed by atoms with Gasteiger partial charge in [-0.2, -0.15) is 0 Å². The fourth-order valence-corrected chi connectivity index (χ4v) is 4.08. The molecule has 148 valence electrons. The van der Waals surface area contributed by atoms with Crippen LogP contribution in [0.25, 0.3) is 11.3 Å². The molecule has 3 heterocycles. The maximum Gasteiger partial charge on any atom is 0.132 e. The molecule has 3 aromatic rings.